The first kappa shape index (κ1) is 16.7. The van der Waals surface area contributed by atoms with Crippen molar-refractivity contribution in [1.82, 2.24) is 19.8 Å². The van der Waals surface area contributed by atoms with Gasteiger partial charge in [0.1, 0.15) is 12.1 Å². The van der Waals surface area contributed by atoms with E-state index in [-0.39, 0.29) is 5.91 Å². The molecule has 7 heteroatoms. The molecule has 3 aliphatic rings. The lowest BCUT2D eigenvalue weighted by molar-refractivity contribution is -0.149. The topological polar surface area (TPSA) is 52.6 Å². The number of fused-ring (bicyclic) bond motifs is 1. The fourth-order valence-corrected chi connectivity index (χ4v) is 3.99. The number of halogens is 1. The zero-order valence-electron chi connectivity index (χ0n) is 14.9. The molecule has 3 heterocycles. The number of amides is 1. The molecule has 0 bridgehead atoms. The van der Waals surface area contributed by atoms with Crippen LogP contribution in [0.2, 0.25) is 0 Å². The minimum atomic E-state index is -1.61. The molecule has 0 radical (unpaired) electrons. The summed E-state index contributed by atoms with van der Waals surface area (Å²) < 4.78 is 14.5. The smallest absolute Gasteiger partial charge is 0.260 e. The van der Waals surface area contributed by atoms with Crippen LogP contribution in [0.3, 0.4) is 0 Å². The second kappa shape index (κ2) is 6.52. The molecule has 0 aromatic carbocycles. The Morgan fingerprint density at radius 3 is 2.48 bits per heavy atom. The van der Waals surface area contributed by atoms with E-state index in [0.717, 1.165) is 49.7 Å². The molecule has 1 saturated heterocycles. The number of nitrogens with zero attached hydrogens (tertiary/aromatic N) is 5. The van der Waals surface area contributed by atoms with Crippen LogP contribution in [0, 0.1) is 0 Å². The molecule has 2 fully saturated rings. The van der Waals surface area contributed by atoms with Gasteiger partial charge < -0.3 is 14.7 Å². The lowest BCUT2D eigenvalue weighted by Gasteiger charge is -2.36. The molecular weight excluding hydrogens is 321 g/mol. The van der Waals surface area contributed by atoms with Crippen molar-refractivity contribution >= 4 is 11.7 Å². The van der Waals surface area contributed by atoms with E-state index in [0.29, 0.717) is 38.8 Å². The quantitative estimate of drug-likeness (QED) is 0.800. The van der Waals surface area contributed by atoms with Gasteiger partial charge in [-0.1, -0.05) is 0 Å². The summed E-state index contributed by atoms with van der Waals surface area (Å²) >= 11 is 0. The highest BCUT2D eigenvalue weighted by molar-refractivity contribution is 5.86. The van der Waals surface area contributed by atoms with Crippen LogP contribution in [0.25, 0.3) is 0 Å². The Hall–Kier alpha value is -1.76. The van der Waals surface area contributed by atoms with Gasteiger partial charge in [-0.05, 0) is 32.7 Å². The summed E-state index contributed by atoms with van der Waals surface area (Å²) in [7, 11) is 2.13. The molecular formula is C18H26FN5O. The van der Waals surface area contributed by atoms with Crippen LogP contribution < -0.4 is 4.90 Å². The molecule has 6 nitrogen and oxygen atoms in total. The van der Waals surface area contributed by atoms with Gasteiger partial charge in [0.15, 0.2) is 5.67 Å². The molecule has 1 aliphatic carbocycles. The second-order valence-corrected chi connectivity index (χ2v) is 7.52. The van der Waals surface area contributed by atoms with Gasteiger partial charge in [-0.3, -0.25) is 4.79 Å². The summed E-state index contributed by atoms with van der Waals surface area (Å²) in [6.45, 7) is 5.07. The van der Waals surface area contributed by atoms with E-state index in [2.05, 4.69) is 26.8 Å². The van der Waals surface area contributed by atoms with Gasteiger partial charge in [-0.15, -0.1) is 0 Å². The maximum Gasteiger partial charge on any atom is 0.260 e. The van der Waals surface area contributed by atoms with Crippen molar-refractivity contribution < 1.29 is 9.18 Å². The third-order valence-corrected chi connectivity index (χ3v) is 5.88. The number of aromatic nitrogens is 2. The first-order chi connectivity index (χ1) is 12.1. The van der Waals surface area contributed by atoms with E-state index >= 15 is 0 Å². The average molecular weight is 347 g/mol. The number of rotatable bonds is 2. The molecule has 0 spiro atoms. The number of likely N-dealkylation sites (N-methyl/N-ethyl adjacent to an activating group) is 1. The van der Waals surface area contributed by atoms with Gasteiger partial charge in [0, 0.05) is 51.3 Å². The van der Waals surface area contributed by atoms with Crippen molar-refractivity contribution in [2.75, 3.05) is 51.2 Å². The second-order valence-electron chi connectivity index (χ2n) is 7.52. The molecule has 1 amide bonds. The van der Waals surface area contributed by atoms with Gasteiger partial charge in [0.2, 0.25) is 0 Å². The normalized spacial score (nSPS) is 23.6. The predicted octanol–water partition coefficient (Wildman–Crippen LogP) is 1.05. The number of piperazine rings is 1. The fraction of sp³-hybridized carbons (Fsp3) is 0.722. The third-order valence-electron chi connectivity index (χ3n) is 5.88. The molecule has 136 valence electrons. The number of carbonyl (C=O) groups is 1. The van der Waals surface area contributed by atoms with E-state index in [1.807, 2.05) is 0 Å². The number of hydrogen-bond acceptors (Lipinski definition) is 5. The van der Waals surface area contributed by atoms with Crippen molar-refractivity contribution in [3.05, 3.63) is 17.6 Å². The van der Waals surface area contributed by atoms with Crippen LogP contribution in [0.5, 0.6) is 0 Å². The first-order valence-electron chi connectivity index (χ1n) is 9.31. The minimum Gasteiger partial charge on any atom is -0.354 e. The van der Waals surface area contributed by atoms with Crippen LogP contribution in [0.4, 0.5) is 10.2 Å². The Kier molecular flexibility index (Phi) is 4.35. The molecule has 2 aliphatic heterocycles. The molecule has 0 atom stereocenters. The number of alkyl halides is 1. The average Bonchev–Trinajstić information content (AvgIpc) is 2.82. The SMILES string of the molecule is CN1CCN(c2ncnc3c2CCN(C(=O)C2(F)CCC2)CC3)CC1. The minimum absolute atomic E-state index is 0.319. The van der Waals surface area contributed by atoms with Crippen molar-refractivity contribution in [2.24, 2.45) is 0 Å². The summed E-state index contributed by atoms with van der Waals surface area (Å²) in [5.74, 6) is 0.687. The van der Waals surface area contributed by atoms with Gasteiger partial charge in [0.25, 0.3) is 5.91 Å². The molecule has 4 rings (SSSR count). The summed E-state index contributed by atoms with van der Waals surface area (Å²) in [6, 6.07) is 0. The highest BCUT2D eigenvalue weighted by Crippen LogP contribution is 2.38. The van der Waals surface area contributed by atoms with Gasteiger partial charge in [0.05, 0.1) is 5.69 Å². The number of anilines is 1. The molecule has 25 heavy (non-hydrogen) atoms. The molecule has 1 aromatic heterocycles. The molecule has 1 aromatic rings. The number of hydrogen-bond donors (Lipinski definition) is 0. The van der Waals surface area contributed by atoms with Crippen LogP contribution in [0.1, 0.15) is 30.5 Å². The van der Waals surface area contributed by atoms with Crippen molar-refractivity contribution in [2.45, 2.75) is 37.8 Å². The molecule has 1 saturated carbocycles. The maximum atomic E-state index is 14.5. The van der Waals surface area contributed by atoms with Crippen LogP contribution in [0.15, 0.2) is 6.33 Å². The lowest BCUT2D eigenvalue weighted by Crippen LogP contribution is -2.51. The van der Waals surface area contributed by atoms with Crippen molar-refractivity contribution in [3.8, 4) is 0 Å². The molecule has 0 unspecified atom stereocenters. The standard InChI is InChI=1S/C18H26FN5O/c1-22-9-11-23(12-10-22)16-14-3-7-24(8-4-15(14)20-13-21-16)17(25)18(19)5-2-6-18/h13H,2-12H2,1H3. The Morgan fingerprint density at radius 1 is 1.08 bits per heavy atom. The van der Waals surface area contributed by atoms with E-state index in [4.69, 9.17) is 0 Å². The van der Waals surface area contributed by atoms with Gasteiger partial charge >= 0.3 is 0 Å². The summed E-state index contributed by atoms with van der Waals surface area (Å²) in [4.78, 5) is 27.9. The highest BCUT2D eigenvalue weighted by atomic mass is 19.1. The zero-order chi connectivity index (χ0) is 17.4. The van der Waals surface area contributed by atoms with Crippen LogP contribution in [-0.4, -0.2) is 77.7 Å². The maximum absolute atomic E-state index is 14.5. The third kappa shape index (κ3) is 3.10. The van der Waals surface area contributed by atoms with E-state index in [9.17, 15) is 9.18 Å². The fourth-order valence-electron chi connectivity index (χ4n) is 3.99. The molecule has 0 N–H and O–H groups in total. The largest absolute Gasteiger partial charge is 0.354 e. The first-order valence-corrected chi connectivity index (χ1v) is 9.31. The van der Waals surface area contributed by atoms with Gasteiger partial charge in [-0.2, -0.15) is 0 Å². The van der Waals surface area contributed by atoms with Gasteiger partial charge in [-0.25, -0.2) is 14.4 Å². The lowest BCUT2D eigenvalue weighted by atomic mass is 9.81. The zero-order valence-corrected chi connectivity index (χ0v) is 14.9. The van der Waals surface area contributed by atoms with E-state index < -0.39 is 5.67 Å². The van der Waals surface area contributed by atoms with E-state index in [1.54, 1.807) is 11.2 Å². The van der Waals surface area contributed by atoms with Crippen molar-refractivity contribution in [3.63, 3.8) is 0 Å². The highest BCUT2D eigenvalue weighted by Gasteiger charge is 2.47. The summed E-state index contributed by atoms with van der Waals surface area (Å²) in [5.41, 5.74) is 0.548. The van der Waals surface area contributed by atoms with Crippen LogP contribution in [-0.2, 0) is 17.6 Å². The Labute approximate surface area is 148 Å². The number of carbonyl (C=O) groups excluding carboxylic acids is 1. The van der Waals surface area contributed by atoms with Crippen LogP contribution >= 0.6 is 0 Å². The Bertz CT molecular complexity index is 655. The Morgan fingerprint density at radius 2 is 1.80 bits per heavy atom. The predicted molar refractivity (Wildman–Crippen MR) is 93.4 cm³/mol. The summed E-state index contributed by atoms with van der Waals surface area (Å²) in [5, 5.41) is 0. The summed E-state index contributed by atoms with van der Waals surface area (Å²) in [6.07, 6.45) is 4.59. The Balaban J connectivity index is 1.51. The monoisotopic (exact) mass is 347 g/mol. The van der Waals surface area contributed by atoms with E-state index in [1.165, 1.54) is 0 Å². The van der Waals surface area contributed by atoms with Crippen molar-refractivity contribution in [1.29, 1.82) is 0 Å².